The molecule has 0 fully saturated rings. The molecule has 1 aromatic heterocycles. The first-order valence-corrected chi connectivity index (χ1v) is 5.91. The average molecular weight is 368 g/mol. The Morgan fingerprint density at radius 1 is 1.57 bits per heavy atom. The van der Waals surface area contributed by atoms with Gasteiger partial charge in [0.05, 0.1) is 15.6 Å². The molecule has 0 saturated carbocycles. The lowest BCUT2D eigenvalue weighted by atomic mass is 10.4. The van der Waals surface area contributed by atoms with Gasteiger partial charge in [0.15, 0.2) is 5.82 Å². The van der Waals surface area contributed by atoms with Gasteiger partial charge in [-0.25, -0.2) is 9.98 Å². The van der Waals surface area contributed by atoms with Gasteiger partial charge < -0.3 is 4.90 Å². The Labute approximate surface area is 106 Å². The zero-order chi connectivity index (χ0) is 10.7. The zero-order valence-corrected chi connectivity index (χ0v) is 12.0. The van der Waals surface area contributed by atoms with Crippen molar-refractivity contribution < 1.29 is 0 Å². The fraction of sp³-hybridized carbons (Fsp3) is 0.333. The zero-order valence-electron chi connectivity index (χ0n) is 8.25. The number of rotatable bonds is 2. The van der Waals surface area contributed by atoms with Gasteiger partial charge in [-0.3, -0.25) is 0 Å². The van der Waals surface area contributed by atoms with E-state index in [1.54, 1.807) is 6.34 Å². The molecule has 0 radical (unpaired) electrons. The van der Waals surface area contributed by atoms with Crippen LogP contribution in [0.3, 0.4) is 0 Å². The topological polar surface area (TPSA) is 28.5 Å². The van der Waals surface area contributed by atoms with Crippen molar-refractivity contribution >= 4 is 50.7 Å². The van der Waals surface area contributed by atoms with Gasteiger partial charge >= 0.3 is 0 Å². The first-order chi connectivity index (χ1) is 6.50. The molecule has 0 spiro atoms. The minimum atomic E-state index is 0.764. The molecular formula is C9H11BrIN3. The summed E-state index contributed by atoms with van der Waals surface area (Å²) in [6.45, 7) is 1.95. The maximum atomic E-state index is 4.37. The number of aliphatic imine (C=N–C) groups is 1. The number of aromatic nitrogens is 1. The highest BCUT2D eigenvalue weighted by atomic mass is 127. The molecule has 0 atom stereocenters. The quantitative estimate of drug-likeness (QED) is 0.456. The lowest BCUT2D eigenvalue weighted by Gasteiger charge is -2.04. The molecular weight excluding hydrogens is 357 g/mol. The molecule has 0 aromatic carbocycles. The summed E-state index contributed by atoms with van der Waals surface area (Å²) >= 11 is 5.66. The molecule has 14 heavy (non-hydrogen) atoms. The van der Waals surface area contributed by atoms with Crippen molar-refractivity contribution in [1.29, 1.82) is 0 Å². The second kappa shape index (κ2) is 5.06. The summed E-state index contributed by atoms with van der Waals surface area (Å²) in [6.07, 6.45) is 1.75. The van der Waals surface area contributed by atoms with Crippen molar-refractivity contribution in [1.82, 2.24) is 9.88 Å². The first kappa shape index (κ1) is 11.9. The molecule has 5 heteroatoms. The van der Waals surface area contributed by atoms with Crippen LogP contribution in [0.25, 0.3) is 0 Å². The van der Waals surface area contributed by atoms with Crippen molar-refractivity contribution in [2.45, 2.75) is 6.92 Å². The molecule has 0 aliphatic heterocycles. The Morgan fingerprint density at radius 2 is 2.21 bits per heavy atom. The Bertz CT molecular complexity index is 363. The highest BCUT2D eigenvalue weighted by molar-refractivity contribution is 14.1. The van der Waals surface area contributed by atoms with Gasteiger partial charge in [0.25, 0.3) is 0 Å². The van der Waals surface area contributed by atoms with Crippen LogP contribution >= 0.6 is 38.5 Å². The van der Waals surface area contributed by atoms with E-state index in [0.29, 0.717) is 0 Å². The lowest BCUT2D eigenvalue weighted by molar-refractivity contribution is 0.643. The van der Waals surface area contributed by atoms with Crippen molar-refractivity contribution in [3.05, 3.63) is 19.8 Å². The Balaban J connectivity index is 3.04. The van der Waals surface area contributed by atoms with E-state index >= 15 is 0 Å². The monoisotopic (exact) mass is 367 g/mol. The summed E-state index contributed by atoms with van der Waals surface area (Å²) in [5.41, 5.74) is 0.955. The van der Waals surface area contributed by atoms with E-state index in [-0.39, 0.29) is 0 Å². The summed E-state index contributed by atoms with van der Waals surface area (Å²) in [6, 6.07) is 2.02. The van der Waals surface area contributed by atoms with Crippen molar-refractivity contribution in [2.24, 2.45) is 4.99 Å². The average Bonchev–Trinajstić information content (AvgIpc) is 2.09. The van der Waals surface area contributed by atoms with E-state index in [0.717, 1.165) is 19.6 Å². The van der Waals surface area contributed by atoms with Crippen LogP contribution in [0.4, 0.5) is 5.82 Å². The lowest BCUT2D eigenvalue weighted by Crippen LogP contribution is -2.07. The molecule has 0 aliphatic rings. The van der Waals surface area contributed by atoms with Crippen LogP contribution in [0, 0.1) is 10.5 Å². The molecule has 1 aromatic rings. The molecule has 76 valence electrons. The molecule has 0 saturated heterocycles. The molecule has 0 N–H and O–H groups in total. The normalized spacial score (nSPS) is 10.9. The van der Waals surface area contributed by atoms with Crippen LogP contribution in [0.1, 0.15) is 5.69 Å². The number of aryl methyl sites for hydroxylation is 1. The number of halogens is 2. The molecule has 0 unspecified atom stereocenters. The fourth-order valence-corrected chi connectivity index (χ4v) is 2.12. The Morgan fingerprint density at radius 3 is 2.79 bits per heavy atom. The summed E-state index contributed by atoms with van der Waals surface area (Å²) < 4.78 is 2.06. The minimum absolute atomic E-state index is 0.764. The SMILES string of the molecule is Cc1nc(/N=C/N(C)C)c(I)cc1Br. The highest BCUT2D eigenvalue weighted by Crippen LogP contribution is 2.24. The van der Waals surface area contributed by atoms with E-state index < -0.39 is 0 Å². The predicted octanol–water partition coefficient (Wildman–Crippen LogP) is 2.98. The first-order valence-electron chi connectivity index (χ1n) is 4.04. The van der Waals surface area contributed by atoms with Crippen LogP contribution in [0.2, 0.25) is 0 Å². The Kier molecular flexibility index (Phi) is 4.31. The number of hydrogen-bond acceptors (Lipinski definition) is 2. The summed E-state index contributed by atoms with van der Waals surface area (Å²) in [7, 11) is 3.87. The second-order valence-corrected chi connectivity index (χ2v) is 5.09. The third-order valence-electron chi connectivity index (χ3n) is 1.50. The molecule has 0 aliphatic carbocycles. The van der Waals surface area contributed by atoms with Crippen molar-refractivity contribution in [3.63, 3.8) is 0 Å². The minimum Gasteiger partial charge on any atom is -0.369 e. The fourth-order valence-electron chi connectivity index (χ4n) is 0.807. The maximum absolute atomic E-state index is 4.37. The summed E-state index contributed by atoms with van der Waals surface area (Å²) in [5.74, 6) is 0.764. The van der Waals surface area contributed by atoms with Gasteiger partial charge in [0.1, 0.15) is 0 Å². The molecule has 3 nitrogen and oxygen atoms in total. The van der Waals surface area contributed by atoms with Gasteiger partial charge in [-0.15, -0.1) is 0 Å². The van der Waals surface area contributed by atoms with Crippen LogP contribution < -0.4 is 0 Å². The van der Waals surface area contributed by atoms with Gasteiger partial charge in [0.2, 0.25) is 0 Å². The second-order valence-electron chi connectivity index (χ2n) is 3.07. The molecule has 0 amide bonds. The highest BCUT2D eigenvalue weighted by Gasteiger charge is 2.03. The van der Waals surface area contributed by atoms with Gasteiger partial charge in [-0.1, -0.05) is 0 Å². The summed E-state index contributed by atoms with van der Waals surface area (Å²) in [4.78, 5) is 10.5. The van der Waals surface area contributed by atoms with E-state index in [1.807, 2.05) is 32.0 Å². The van der Waals surface area contributed by atoms with E-state index in [2.05, 4.69) is 48.5 Å². The van der Waals surface area contributed by atoms with Crippen molar-refractivity contribution in [3.8, 4) is 0 Å². The maximum Gasteiger partial charge on any atom is 0.167 e. The predicted molar refractivity (Wildman–Crippen MR) is 71.2 cm³/mol. The van der Waals surface area contributed by atoms with Crippen molar-refractivity contribution in [2.75, 3.05) is 14.1 Å². The van der Waals surface area contributed by atoms with Gasteiger partial charge in [0, 0.05) is 18.6 Å². The number of nitrogens with zero attached hydrogens (tertiary/aromatic N) is 3. The Hall–Kier alpha value is -0.170. The molecule has 0 bridgehead atoms. The standard InChI is InChI=1S/C9H11BrIN3/c1-6-7(10)4-8(11)9(13-6)12-5-14(2)3/h4-5H,1-3H3/b12-5+. The van der Waals surface area contributed by atoms with Crippen LogP contribution in [-0.2, 0) is 0 Å². The molecule has 1 heterocycles. The van der Waals surface area contributed by atoms with Gasteiger partial charge in [-0.05, 0) is 51.5 Å². The van der Waals surface area contributed by atoms with Crippen LogP contribution in [0.15, 0.2) is 15.5 Å². The van der Waals surface area contributed by atoms with E-state index in [9.17, 15) is 0 Å². The van der Waals surface area contributed by atoms with E-state index in [1.165, 1.54) is 0 Å². The molecule has 1 rings (SSSR count). The summed E-state index contributed by atoms with van der Waals surface area (Å²) in [5, 5.41) is 0. The largest absolute Gasteiger partial charge is 0.369 e. The third kappa shape index (κ3) is 3.20. The van der Waals surface area contributed by atoms with Gasteiger partial charge in [-0.2, -0.15) is 0 Å². The number of pyridine rings is 1. The van der Waals surface area contributed by atoms with Crippen LogP contribution in [-0.4, -0.2) is 30.3 Å². The number of hydrogen-bond donors (Lipinski definition) is 0. The smallest absolute Gasteiger partial charge is 0.167 e. The third-order valence-corrected chi connectivity index (χ3v) is 3.09. The van der Waals surface area contributed by atoms with E-state index in [4.69, 9.17) is 0 Å². The van der Waals surface area contributed by atoms with Crippen LogP contribution in [0.5, 0.6) is 0 Å².